The maximum absolute atomic E-state index is 13.0. The van der Waals surface area contributed by atoms with Gasteiger partial charge in [-0.3, -0.25) is 9.59 Å². The molecule has 0 unspecified atom stereocenters. The number of para-hydroxylation sites is 1. The first-order chi connectivity index (χ1) is 16.9. The zero-order valence-corrected chi connectivity index (χ0v) is 20.1. The van der Waals surface area contributed by atoms with Gasteiger partial charge in [-0.2, -0.15) is 4.31 Å². The van der Waals surface area contributed by atoms with Gasteiger partial charge >= 0.3 is 0 Å². The fourth-order valence-corrected chi connectivity index (χ4v) is 5.27. The maximum atomic E-state index is 13.0. The molecule has 0 saturated carbocycles. The Hall–Kier alpha value is -3.53. The van der Waals surface area contributed by atoms with E-state index in [1.807, 2.05) is 37.3 Å². The van der Waals surface area contributed by atoms with Gasteiger partial charge in [-0.1, -0.05) is 48.5 Å². The van der Waals surface area contributed by atoms with Gasteiger partial charge in [0.15, 0.2) is 0 Å². The average Bonchev–Trinajstić information content (AvgIpc) is 2.90. The van der Waals surface area contributed by atoms with E-state index < -0.39 is 15.9 Å². The molecular weight excluding hydrogens is 466 g/mol. The van der Waals surface area contributed by atoms with Gasteiger partial charge in [0.1, 0.15) is 0 Å². The van der Waals surface area contributed by atoms with Crippen molar-refractivity contribution >= 4 is 27.5 Å². The van der Waals surface area contributed by atoms with Crippen LogP contribution in [0.2, 0.25) is 0 Å². The van der Waals surface area contributed by atoms with E-state index in [4.69, 9.17) is 4.74 Å². The Balaban J connectivity index is 1.51. The monoisotopic (exact) mass is 493 g/mol. The van der Waals surface area contributed by atoms with E-state index >= 15 is 0 Å². The summed E-state index contributed by atoms with van der Waals surface area (Å²) in [4.78, 5) is 26.0. The highest BCUT2D eigenvalue weighted by Gasteiger charge is 2.27. The zero-order chi connectivity index (χ0) is 24.8. The number of hydrogen-bond donors (Lipinski definition) is 2. The predicted molar refractivity (Wildman–Crippen MR) is 133 cm³/mol. The van der Waals surface area contributed by atoms with Gasteiger partial charge in [0.25, 0.3) is 11.8 Å². The van der Waals surface area contributed by atoms with E-state index in [1.54, 1.807) is 24.3 Å². The molecule has 1 atom stereocenters. The highest BCUT2D eigenvalue weighted by Crippen LogP contribution is 2.21. The number of sulfonamides is 1. The molecule has 0 aliphatic carbocycles. The van der Waals surface area contributed by atoms with Gasteiger partial charge in [0.2, 0.25) is 10.0 Å². The maximum Gasteiger partial charge on any atom is 0.255 e. The van der Waals surface area contributed by atoms with Crippen molar-refractivity contribution in [2.24, 2.45) is 0 Å². The summed E-state index contributed by atoms with van der Waals surface area (Å²) in [7, 11) is -3.74. The van der Waals surface area contributed by atoms with Crippen molar-refractivity contribution in [3.05, 3.63) is 95.6 Å². The fraction of sp³-hybridized carbons (Fsp3) is 0.231. The zero-order valence-electron chi connectivity index (χ0n) is 19.3. The Morgan fingerprint density at radius 2 is 1.57 bits per heavy atom. The molecule has 0 radical (unpaired) electrons. The molecule has 1 heterocycles. The number of amides is 2. The minimum absolute atomic E-state index is 0.0368. The number of carbonyl (C=O) groups excluding carboxylic acids is 2. The Morgan fingerprint density at radius 3 is 2.31 bits per heavy atom. The summed E-state index contributed by atoms with van der Waals surface area (Å²) >= 11 is 0. The van der Waals surface area contributed by atoms with Crippen molar-refractivity contribution in [2.45, 2.75) is 17.9 Å². The van der Waals surface area contributed by atoms with E-state index in [-0.39, 0.29) is 35.5 Å². The summed E-state index contributed by atoms with van der Waals surface area (Å²) in [5.74, 6) is -0.846. The Morgan fingerprint density at radius 1 is 0.886 bits per heavy atom. The van der Waals surface area contributed by atoms with Crippen molar-refractivity contribution in [3.8, 4) is 0 Å². The van der Waals surface area contributed by atoms with Crippen LogP contribution in [0.15, 0.2) is 83.8 Å². The third kappa shape index (κ3) is 5.76. The van der Waals surface area contributed by atoms with Crippen molar-refractivity contribution in [2.75, 3.05) is 31.6 Å². The first-order valence-electron chi connectivity index (χ1n) is 11.3. The quantitative estimate of drug-likeness (QED) is 0.525. The van der Waals surface area contributed by atoms with E-state index in [2.05, 4.69) is 10.6 Å². The topological polar surface area (TPSA) is 105 Å². The molecule has 9 heteroatoms. The number of rotatable bonds is 7. The van der Waals surface area contributed by atoms with Gasteiger partial charge in [0.05, 0.1) is 35.4 Å². The summed E-state index contributed by atoms with van der Waals surface area (Å²) < 4.78 is 32.5. The summed E-state index contributed by atoms with van der Waals surface area (Å²) in [6, 6.07) is 21.9. The molecule has 1 aliphatic rings. The third-order valence-corrected chi connectivity index (χ3v) is 7.67. The van der Waals surface area contributed by atoms with Crippen LogP contribution in [0.5, 0.6) is 0 Å². The second kappa shape index (κ2) is 10.8. The van der Waals surface area contributed by atoms with Gasteiger partial charge in [-0.05, 0) is 42.8 Å². The molecular formula is C26H27N3O5S. The lowest BCUT2D eigenvalue weighted by molar-refractivity contribution is 0.0730. The van der Waals surface area contributed by atoms with Crippen molar-refractivity contribution in [1.29, 1.82) is 0 Å². The van der Waals surface area contributed by atoms with Crippen LogP contribution in [-0.4, -0.2) is 50.8 Å². The first kappa shape index (κ1) is 24.6. The van der Waals surface area contributed by atoms with E-state index in [9.17, 15) is 18.0 Å². The number of ether oxygens (including phenoxy) is 1. The molecule has 2 amide bonds. The molecule has 2 N–H and O–H groups in total. The van der Waals surface area contributed by atoms with Crippen LogP contribution in [0.4, 0.5) is 5.69 Å². The lowest BCUT2D eigenvalue weighted by atomic mass is 10.1. The predicted octanol–water partition coefficient (Wildman–Crippen LogP) is 3.45. The second-order valence-electron chi connectivity index (χ2n) is 8.15. The average molecular weight is 494 g/mol. The Kier molecular flexibility index (Phi) is 7.60. The molecule has 0 spiro atoms. The summed E-state index contributed by atoms with van der Waals surface area (Å²) in [5, 5.41) is 5.70. The van der Waals surface area contributed by atoms with Crippen molar-refractivity contribution < 1.29 is 22.7 Å². The lowest BCUT2D eigenvalue weighted by Gasteiger charge is -2.26. The van der Waals surface area contributed by atoms with Crippen LogP contribution in [0.1, 0.15) is 39.2 Å². The largest absolute Gasteiger partial charge is 0.379 e. The molecule has 1 aliphatic heterocycles. The minimum atomic E-state index is -3.74. The number of anilines is 1. The summed E-state index contributed by atoms with van der Waals surface area (Å²) in [5.41, 5.74) is 1.77. The van der Waals surface area contributed by atoms with E-state index in [1.165, 1.54) is 28.6 Å². The SMILES string of the molecule is C[C@H](NC(=O)c1ccccc1NC(=O)c1cccc(S(=O)(=O)N2CCOCC2)c1)c1ccccc1. The van der Waals surface area contributed by atoms with E-state index in [0.29, 0.717) is 24.5 Å². The van der Waals surface area contributed by atoms with Crippen LogP contribution >= 0.6 is 0 Å². The molecule has 1 saturated heterocycles. The molecule has 4 rings (SSSR count). The normalized spacial score (nSPS) is 15.2. The minimum Gasteiger partial charge on any atom is -0.379 e. The molecule has 35 heavy (non-hydrogen) atoms. The smallest absolute Gasteiger partial charge is 0.255 e. The number of nitrogens with one attached hydrogen (secondary N) is 2. The molecule has 1 fully saturated rings. The van der Waals surface area contributed by atoms with Crippen LogP contribution in [0.25, 0.3) is 0 Å². The Labute approximate surface area is 205 Å². The molecule has 0 bridgehead atoms. The van der Waals surface area contributed by atoms with Crippen LogP contribution < -0.4 is 10.6 Å². The van der Waals surface area contributed by atoms with Crippen LogP contribution in [0, 0.1) is 0 Å². The van der Waals surface area contributed by atoms with Crippen molar-refractivity contribution in [1.82, 2.24) is 9.62 Å². The molecule has 3 aromatic carbocycles. The van der Waals surface area contributed by atoms with Gasteiger partial charge in [0, 0.05) is 18.7 Å². The van der Waals surface area contributed by atoms with Gasteiger partial charge in [-0.15, -0.1) is 0 Å². The summed E-state index contributed by atoms with van der Waals surface area (Å²) in [6.07, 6.45) is 0. The Bertz CT molecular complexity index is 1310. The molecule has 3 aromatic rings. The van der Waals surface area contributed by atoms with E-state index in [0.717, 1.165) is 5.56 Å². The molecule has 182 valence electrons. The number of carbonyl (C=O) groups is 2. The van der Waals surface area contributed by atoms with Crippen LogP contribution in [-0.2, 0) is 14.8 Å². The lowest BCUT2D eigenvalue weighted by Crippen LogP contribution is -2.40. The molecule has 0 aromatic heterocycles. The second-order valence-corrected chi connectivity index (χ2v) is 10.1. The highest BCUT2D eigenvalue weighted by atomic mass is 32.2. The van der Waals surface area contributed by atoms with Crippen LogP contribution in [0.3, 0.4) is 0 Å². The van der Waals surface area contributed by atoms with Gasteiger partial charge in [-0.25, -0.2) is 8.42 Å². The number of benzene rings is 3. The fourth-order valence-electron chi connectivity index (χ4n) is 3.82. The highest BCUT2D eigenvalue weighted by molar-refractivity contribution is 7.89. The standard InChI is InChI=1S/C26H27N3O5S/c1-19(20-8-3-2-4-9-20)27-26(31)23-12-5-6-13-24(23)28-25(30)21-10-7-11-22(18-21)35(32,33)29-14-16-34-17-15-29/h2-13,18-19H,14-17H2,1H3,(H,27,31)(H,28,30)/t19-/m0/s1. The van der Waals surface area contributed by atoms with Gasteiger partial charge < -0.3 is 15.4 Å². The number of hydrogen-bond acceptors (Lipinski definition) is 5. The first-order valence-corrected chi connectivity index (χ1v) is 12.7. The van der Waals surface area contributed by atoms with Crippen molar-refractivity contribution in [3.63, 3.8) is 0 Å². The third-order valence-electron chi connectivity index (χ3n) is 5.77. The molecule has 8 nitrogen and oxygen atoms in total. The summed E-state index contributed by atoms with van der Waals surface area (Å²) in [6.45, 7) is 3.09. The number of nitrogens with zero attached hydrogens (tertiary/aromatic N) is 1. The number of morpholine rings is 1.